The quantitative estimate of drug-likeness (QED) is 0.361. The number of aliphatic hydroxyl groups excluding tert-OH is 1. The normalized spacial score (nSPS) is 25.1. The van der Waals surface area contributed by atoms with E-state index in [0.717, 1.165) is 49.4 Å². The van der Waals surface area contributed by atoms with Gasteiger partial charge in [-0.3, -0.25) is 4.98 Å². The zero-order valence-electron chi connectivity index (χ0n) is 22.6. The van der Waals surface area contributed by atoms with Crippen LogP contribution in [0.3, 0.4) is 0 Å². The van der Waals surface area contributed by atoms with Gasteiger partial charge in [-0.15, -0.1) is 0 Å². The number of ether oxygens (including phenoxy) is 1. The van der Waals surface area contributed by atoms with Crippen LogP contribution in [0.1, 0.15) is 44.9 Å². The minimum Gasteiger partial charge on any atom is -0.508 e. The fourth-order valence-electron chi connectivity index (χ4n) is 7.02. The Kier molecular flexibility index (Phi) is 6.43. The van der Waals surface area contributed by atoms with E-state index in [9.17, 15) is 10.2 Å². The fraction of sp³-hybridized carbons (Fsp3) is 0.452. The van der Waals surface area contributed by atoms with Gasteiger partial charge in [-0.2, -0.15) is 9.97 Å². The Labute approximate surface area is 232 Å². The number of likely N-dealkylation sites (tertiary alicyclic amines) is 1. The Morgan fingerprint density at radius 2 is 1.82 bits per heavy atom. The lowest BCUT2D eigenvalue weighted by atomic mass is 9.83. The molecule has 4 atom stereocenters. The number of phenols is 1. The average molecular weight is 544 g/mol. The van der Waals surface area contributed by atoms with Gasteiger partial charge in [-0.05, 0) is 81.4 Å². The summed E-state index contributed by atoms with van der Waals surface area (Å²) in [6, 6.07) is 11.4. The molecule has 2 unspecified atom stereocenters. The van der Waals surface area contributed by atoms with E-state index in [1.807, 2.05) is 24.3 Å². The SMILES string of the molecule is CN1CCC[C@H]1COc1nc(N2C3CCC[C@@H]2CC(O)C3)c2cnc(-c3cc(O)cc4ccccc34)c(F)c2n1. The maximum Gasteiger partial charge on any atom is 0.319 e. The van der Waals surface area contributed by atoms with Crippen molar-refractivity contribution in [2.24, 2.45) is 0 Å². The van der Waals surface area contributed by atoms with Crippen LogP contribution in [0.5, 0.6) is 11.8 Å². The van der Waals surface area contributed by atoms with Gasteiger partial charge in [0.05, 0.1) is 11.5 Å². The average Bonchev–Trinajstić information content (AvgIpc) is 3.35. The van der Waals surface area contributed by atoms with E-state index < -0.39 is 5.82 Å². The summed E-state index contributed by atoms with van der Waals surface area (Å²) in [5.41, 5.74) is 0.782. The molecule has 0 aliphatic carbocycles. The molecule has 3 aliphatic rings. The number of aromatic nitrogens is 3. The summed E-state index contributed by atoms with van der Waals surface area (Å²) in [6.07, 6.45) is 7.79. The van der Waals surface area contributed by atoms with Gasteiger partial charge in [0.15, 0.2) is 5.82 Å². The monoisotopic (exact) mass is 543 g/mol. The molecule has 9 heteroatoms. The van der Waals surface area contributed by atoms with Crippen molar-refractivity contribution in [1.82, 2.24) is 19.9 Å². The number of phenolic OH excluding ortho intramolecular Hbond substituents is 1. The van der Waals surface area contributed by atoms with E-state index in [2.05, 4.69) is 26.8 Å². The fourth-order valence-corrected chi connectivity index (χ4v) is 7.02. The molecule has 40 heavy (non-hydrogen) atoms. The molecule has 2 N–H and O–H groups in total. The molecule has 5 heterocycles. The number of piperidine rings is 2. The second-order valence-electron chi connectivity index (χ2n) is 11.6. The third-order valence-corrected chi connectivity index (χ3v) is 9.02. The number of hydrogen-bond donors (Lipinski definition) is 2. The number of aromatic hydroxyl groups is 1. The molecule has 0 amide bonds. The van der Waals surface area contributed by atoms with Crippen LogP contribution in [0.2, 0.25) is 0 Å². The standard InChI is InChI=1S/C31H34FN5O3/c1-36-11-5-9-21(36)17-40-31-34-29-26(30(35-31)37-19-7-4-8-20(37)14-23(39)13-19)16-33-28(27(29)32)25-15-22(38)12-18-6-2-3-10-24(18)25/h2-3,6,10,12,15-16,19-21,23,38-39H,4-5,7-9,11,13-14,17H2,1H3/t19-,20?,21+,23?/m1/s1. The zero-order chi connectivity index (χ0) is 27.4. The molecule has 4 aromatic rings. The topological polar surface area (TPSA) is 94.8 Å². The van der Waals surface area contributed by atoms with E-state index in [0.29, 0.717) is 36.2 Å². The predicted octanol–water partition coefficient (Wildman–Crippen LogP) is 5.04. The Morgan fingerprint density at radius 3 is 2.60 bits per heavy atom. The van der Waals surface area contributed by atoms with Crippen LogP contribution in [0.4, 0.5) is 10.2 Å². The third kappa shape index (κ3) is 4.41. The molecule has 2 aromatic heterocycles. The van der Waals surface area contributed by atoms with Crippen molar-refractivity contribution in [1.29, 1.82) is 0 Å². The number of anilines is 1. The number of pyridine rings is 1. The highest BCUT2D eigenvalue weighted by molar-refractivity contribution is 6.00. The minimum absolute atomic E-state index is 0.0442. The Balaban J connectivity index is 1.38. The summed E-state index contributed by atoms with van der Waals surface area (Å²) >= 11 is 0. The lowest BCUT2D eigenvalue weighted by molar-refractivity contribution is 0.0924. The predicted molar refractivity (Wildman–Crippen MR) is 152 cm³/mol. The van der Waals surface area contributed by atoms with Gasteiger partial charge >= 0.3 is 6.01 Å². The van der Waals surface area contributed by atoms with Gasteiger partial charge in [0.1, 0.15) is 29.4 Å². The number of benzene rings is 2. The molecule has 0 saturated carbocycles. The Hall–Kier alpha value is -3.56. The van der Waals surface area contributed by atoms with Crippen molar-refractivity contribution in [3.05, 3.63) is 48.4 Å². The lowest BCUT2D eigenvalue weighted by Gasteiger charge is -2.48. The first-order valence-electron chi connectivity index (χ1n) is 14.3. The number of aliphatic hydroxyl groups is 1. The smallest absolute Gasteiger partial charge is 0.319 e. The van der Waals surface area contributed by atoms with Crippen LogP contribution in [0.25, 0.3) is 32.9 Å². The van der Waals surface area contributed by atoms with Crippen LogP contribution >= 0.6 is 0 Å². The van der Waals surface area contributed by atoms with Crippen molar-refractivity contribution >= 4 is 27.5 Å². The van der Waals surface area contributed by atoms with Crippen LogP contribution in [-0.4, -0.2) is 74.5 Å². The highest BCUT2D eigenvalue weighted by Gasteiger charge is 2.40. The summed E-state index contributed by atoms with van der Waals surface area (Å²) in [7, 11) is 2.09. The van der Waals surface area contributed by atoms with E-state index in [1.54, 1.807) is 18.3 Å². The molecule has 208 valence electrons. The highest BCUT2D eigenvalue weighted by Crippen LogP contribution is 2.42. The third-order valence-electron chi connectivity index (χ3n) is 9.02. The van der Waals surface area contributed by atoms with Crippen LogP contribution < -0.4 is 9.64 Å². The second-order valence-corrected chi connectivity index (χ2v) is 11.6. The number of halogens is 1. The highest BCUT2D eigenvalue weighted by atomic mass is 19.1. The van der Waals surface area contributed by atoms with E-state index in [1.165, 1.54) is 0 Å². The number of nitrogens with zero attached hydrogens (tertiary/aromatic N) is 5. The van der Waals surface area contributed by atoms with E-state index in [4.69, 9.17) is 9.72 Å². The zero-order valence-corrected chi connectivity index (χ0v) is 22.6. The molecule has 8 nitrogen and oxygen atoms in total. The molecule has 2 aromatic carbocycles. The summed E-state index contributed by atoms with van der Waals surface area (Å²) in [4.78, 5) is 18.6. The number of hydrogen-bond acceptors (Lipinski definition) is 8. The lowest BCUT2D eigenvalue weighted by Crippen LogP contribution is -2.54. The van der Waals surface area contributed by atoms with Crippen molar-refractivity contribution in [3.8, 4) is 23.0 Å². The van der Waals surface area contributed by atoms with Gasteiger partial charge in [0.25, 0.3) is 0 Å². The van der Waals surface area contributed by atoms with Gasteiger partial charge in [0, 0.05) is 29.9 Å². The van der Waals surface area contributed by atoms with E-state index in [-0.39, 0.29) is 47.2 Å². The van der Waals surface area contributed by atoms with Crippen LogP contribution in [0.15, 0.2) is 42.6 Å². The molecule has 3 saturated heterocycles. The van der Waals surface area contributed by atoms with Gasteiger partial charge in [-0.25, -0.2) is 4.39 Å². The minimum atomic E-state index is -0.568. The molecular weight excluding hydrogens is 509 g/mol. The molecule has 7 rings (SSSR count). The number of likely N-dealkylation sites (N-methyl/N-ethyl adjacent to an activating group) is 1. The molecule has 3 fully saturated rings. The first-order chi connectivity index (χ1) is 19.5. The van der Waals surface area contributed by atoms with Crippen molar-refractivity contribution < 1.29 is 19.3 Å². The summed E-state index contributed by atoms with van der Waals surface area (Å²) in [6.45, 7) is 1.46. The van der Waals surface area contributed by atoms with E-state index >= 15 is 4.39 Å². The summed E-state index contributed by atoms with van der Waals surface area (Å²) < 4.78 is 22.7. The molecule has 0 spiro atoms. The molecular formula is C31H34FN5O3. The van der Waals surface area contributed by atoms with Gasteiger partial charge in [-0.1, -0.05) is 24.3 Å². The maximum atomic E-state index is 16.5. The van der Waals surface area contributed by atoms with Gasteiger partial charge in [0.2, 0.25) is 0 Å². The summed E-state index contributed by atoms with van der Waals surface area (Å²) in [5, 5.41) is 23.1. The Bertz CT molecular complexity index is 1570. The first-order valence-corrected chi connectivity index (χ1v) is 14.3. The van der Waals surface area contributed by atoms with Crippen LogP contribution in [0, 0.1) is 5.82 Å². The van der Waals surface area contributed by atoms with Crippen molar-refractivity contribution in [2.45, 2.75) is 69.2 Å². The Morgan fingerprint density at radius 1 is 1.02 bits per heavy atom. The summed E-state index contributed by atoms with van der Waals surface area (Å²) in [5.74, 6) is 0.102. The second kappa shape index (κ2) is 10.1. The molecule has 2 bridgehead atoms. The van der Waals surface area contributed by atoms with Crippen molar-refractivity contribution in [2.75, 3.05) is 25.1 Å². The maximum absolute atomic E-state index is 16.5. The van der Waals surface area contributed by atoms with Crippen LogP contribution in [-0.2, 0) is 0 Å². The molecule has 0 radical (unpaired) electrons. The number of fused-ring (bicyclic) bond motifs is 4. The van der Waals surface area contributed by atoms with Crippen molar-refractivity contribution in [3.63, 3.8) is 0 Å². The largest absolute Gasteiger partial charge is 0.508 e. The molecule has 3 aliphatic heterocycles. The number of rotatable bonds is 5. The van der Waals surface area contributed by atoms with Gasteiger partial charge < -0.3 is 24.7 Å². The first kappa shape index (κ1) is 25.4.